The summed E-state index contributed by atoms with van der Waals surface area (Å²) in [5, 5.41) is 21.6. The summed E-state index contributed by atoms with van der Waals surface area (Å²) in [6.45, 7) is 7.40. The van der Waals surface area contributed by atoms with Gasteiger partial charge in [0.25, 0.3) is 5.56 Å². The van der Waals surface area contributed by atoms with Crippen LogP contribution in [0.4, 0.5) is 5.69 Å². The Kier molecular flexibility index (Phi) is 8.80. The van der Waals surface area contributed by atoms with E-state index in [4.69, 9.17) is 9.84 Å². The summed E-state index contributed by atoms with van der Waals surface area (Å²) in [5.74, 6) is -0.226. The number of H-pyrrole nitrogens is 1. The second-order valence-electron chi connectivity index (χ2n) is 9.93. The lowest BCUT2D eigenvalue weighted by molar-refractivity contribution is -0.154. The SMILES string of the molecule is Cc1cc2nc3c(=O)n(CCCCCCC(=O)OC(C)(C)C)c(=O)[nH]c3nc2cc1NCC(O)CO. The molecule has 2 aromatic heterocycles. The third kappa shape index (κ3) is 7.11. The molecule has 2 heterocycles. The van der Waals surface area contributed by atoms with Crippen molar-refractivity contribution in [1.82, 2.24) is 19.5 Å². The normalized spacial score (nSPS) is 12.7. The predicted molar refractivity (Wildman–Crippen MR) is 137 cm³/mol. The molecule has 1 aromatic carbocycles. The number of hydrogen-bond acceptors (Lipinski definition) is 9. The summed E-state index contributed by atoms with van der Waals surface area (Å²) in [7, 11) is 0. The number of aromatic amines is 1. The molecule has 3 aromatic rings. The summed E-state index contributed by atoms with van der Waals surface area (Å²) >= 11 is 0. The van der Waals surface area contributed by atoms with E-state index in [1.54, 1.807) is 12.1 Å². The predicted octanol–water partition coefficient (Wildman–Crippen LogP) is 2.00. The first-order valence-corrected chi connectivity index (χ1v) is 12.2. The standard InChI is InChI=1S/C25H35N5O6/c1-15-11-18-19(12-17(15)26-13-16(32)14-31)28-22-21(27-18)23(34)30(24(35)29-22)10-8-6-5-7-9-20(33)36-25(2,3)4/h11-12,16,26,31-32H,5-10,13-14H2,1-4H3,(H,28,29,35). The molecule has 0 fully saturated rings. The fraction of sp³-hybridized carbons (Fsp3) is 0.560. The number of aromatic nitrogens is 4. The van der Waals surface area contributed by atoms with E-state index >= 15 is 0 Å². The van der Waals surface area contributed by atoms with Gasteiger partial charge in [-0.2, -0.15) is 0 Å². The number of rotatable bonds is 11. The highest BCUT2D eigenvalue weighted by Gasteiger charge is 2.16. The average Bonchev–Trinajstić information content (AvgIpc) is 2.79. The monoisotopic (exact) mass is 501 g/mol. The Bertz CT molecular complexity index is 1340. The first kappa shape index (κ1) is 27.3. The highest BCUT2D eigenvalue weighted by Crippen LogP contribution is 2.22. The zero-order chi connectivity index (χ0) is 26.5. The maximum atomic E-state index is 13.0. The van der Waals surface area contributed by atoms with Crippen molar-refractivity contribution >= 4 is 33.9 Å². The molecule has 0 aliphatic carbocycles. The zero-order valence-corrected chi connectivity index (χ0v) is 21.3. The lowest BCUT2D eigenvalue weighted by atomic mass is 10.1. The van der Waals surface area contributed by atoms with Crippen LogP contribution in [0.3, 0.4) is 0 Å². The van der Waals surface area contributed by atoms with Crippen LogP contribution in [-0.2, 0) is 16.1 Å². The fourth-order valence-electron chi connectivity index (χ4n) is 3.80. The van der Waals surface area contributed by atoms with Gasteiger partial charge in [-0.3, -0.25) is 19.1 Å². The number of ether oxygens (including phenoxy) is 1. The number of unbranched alkanes of at least 4 members (excludes halogenated alkanes) is 3. The molecule has 1 atom stereocenters. The molecule has 0 spiro atoms. The van der Waals surface area contributed by atoms with Gasteiger partial charge in [0.1, 0.15) is 5.60 Å². The Morgan fingerprint density at radius 2 is 1.83 bits per heavy atom. The van der Waals surface area contributed by atoms with Crippen LogP contribution in [0.5, 0.6) is 0 Å². The number of aliphatic hydroxyl groups is 2. The van der Waals surface area contributed by atoms with E-state index in [9.17, 15) is 19.5 Å². The average molecular weight is 502 g/mol. The van der Waals surface area contributed by atoms with Crippen molar-refractivity contribution in [1.29, 1.82) is 0 Å². The van der Waals surface area contributed by atoms with Gasteiger partial charge in [-0.1, -0.05) is 12.8 Å². The van der Waals surface area contributed by atoms with Gasteiger partial charge in [-0.25, -0.2) is 14.8 Å². The number of fused-ring (bicyclic) bond motifs is 2. The van der Waals surface area contributed by atoms with E-state index in [0.717, 1.165) is 23.0 Å². The molecule has 0 amide bonds. The van der Waals surface area contributed by atoms with E-state index in [2.05, 4.69) is 20.3 Å². The van der Waals surface area contributed by atoms with Gasteiger partial charge in [0.05, 0.1) is 23.7 Å². The fourth-order valence-corrected chi connectivity index (χ4v) is 3.80. The largest absolute Gasteiger partial charge is 0.460 e. The number of benzene rings is 1. The second-order valence-corrected chi connectivity index (χ2v) is 9.93. The molecule has 11 nitrogen and oxygen atoms in total. The minimum atomic E-state index is -0.900. The van der Waals surface area contributed by atoms with Gasteiger partial charge in [-0.05, 0) is 58.2 Å². The Morgan fingerprint density at radius 1 is 1.14 bits per heavy atom. The van der Waals surface area contributed by atoms with Gasteiger partial charge in [0.15, 0.2) is 11.2 Å². The smallest absolute Gasteiger partial charge is 0.330 e. The summed E-state index contributed by atoms with van der Waals surface area (Å²) in [6.07, 6.45) is 2.28. The molecule has 0 bridgehead atoms. The summed E-state index contributed by atoms with van der Waals surface area (Å²) in [5.41, 5.74) is 1.17. The van der Waals surface area contributed by atoms with Crippen LogP contribution in [0.1, 0.15) is 58.4 Å². The number of nitrogens with one attached hydrogen (secondary N) is 2. The van der Waals surface area contributed by atoms with Gasteiger partial charge in [0, 0.05) is 25.2 Å². The number of esters is 1. The number of anilines is 1. The van der Waals surface area contributed by atoms with Crippen molar-refractivity contribution in [2.75, 3.05) is 18.5 Å². The lowest BCUT2D eigenvalue weighted by Crippen LogP contribution is -2.35. The minimum Gasteiger partial charge on any atom is -0.460 e. The summed E-state index contributed by atoms with van der Waals surface area (Å²) in [6, 6.07) is 3.50. The summed E-state index contributed by atoms with van der Waals surface area (Å²) < 4.78 is 6.43. The van der Waals surface area contributed by atoms with Crippen molar-refractivity contribution in [3.8, 4) is 0 Å². The zero-order valence-electron chi connectivity index (χ0n) is 21.3. The van der Waals surface area contributed by atoms with Gasteiger partial charge in [-0.15, -0.1) is 0 Å². The molecule has 0 saturated heterocycles. The van der Waals surface area contributed by atoms with Crippen LogP contribution in [0, 0.1) is 6.92 Å². The van der Waals surface area contributed by atoms with Gasteiger partial charge in [0.2, 0.25) is 0 Å². The molecule has 196 valence electrons. The van der Waals surface area contributed by atoms with Crippen molar-refractivity contribution in [3.63, 3.8) is 0 Å². The molecule has 0 aliphatic rings. The Morgan fingerprint density at radius 3 is 2.53 bits per heavy atom. The van der Waals surface area contributed by atoms with Crippen LogP contribution in [0.15, 0.2) is 21.7 Å². The second kappa shape index (κ2) is 11.6. The maximum Gasteiger partial charge on any atom is 0.330 e. The van der Waals surface area contributed by atoms with Crippen LogP contribution >= 0.6 is 0 Å². The molecular formula is C25H35N5O6. The first-order valence-electron chi connectivity index (χ1n) is 12.2. The van der Waals surface area contributed by atoms with Crippen molar-refractivity contribution in [2.45, 2.75) is 78.0 Å². The third-order valence-corrected chi connectivity index (χ3v) is 5.60. The Hall–Kier alpha value is -3.31. The molecule has 3 rings (SSSR count). The van der Waals surface area contributed by atoms with Gasteiger partial charge >= 0.3 is 11.7 Å². The minimum absolute atomic E-state index is 0.0860. The Balaban J connectivity index is 1.69. The maximum absolute atomic E-state index is 13.0. The quantitative estimate of drug-likeness (QED) is 0.175. The van der Waals surface area contributed by atoms with Crippen LogP contribution in [0.25, 0.3) is 22.2 Å². The molecular weight excluding hydrogens is 466 g/mol. The molecule has 36 heavy (non-hydrogen) atoms. The van der Waals surface area contributed by atoms with E-state index < -0.39 is 23.0 Å². The Labute approximate surface area is 208 Å². The highest BCUT2D eigenvalue weighted by molar-refractivity contribution is 5.87. The topological polar surface area (TPSA) is 159 Å². The van der Waals surface area contributed by atoms with Crippen LogP contribution < -0.4 is 16.6 Å². The number of aliphatic hydroxyl groups excluding tert-OH is 2. The van der Waals surface area contributed by atoms with Crippen molar-refractivity contribution in [2.24, 2.45) is 0 Å². The molecule has 0 radical (unpaired) electrons. The third-order valence-electron chi connectivity index (χ3n) is 5.60. The lowest BCUT2D eigenvalue weighted by Gasteiger charge is -2.19. The molecule has 0 aliphatic heterocycles. The van der Waals surface area contributed by atoms with E-state index in [1.807, 2.05) is 27.7 Å². The molecule has 11 heteroatoms. The van der Waals surface area contributed by atoms with E-state index in [1.165, 1.54) is 0 Å². The first-order chi connectivity index (χ1) is 17.0. The van der Waals surface area contributed by atoms with Crippen molar-refractivity contribution < 1.29 is 19.7 Å². The molecule has 4 N–H and O–H groups in total. The van der Waals surface area contributed by atoms with Gasteiger partial charge < -0.3 is 20.3 Å². The van der Waals surface area contributed by atoms with E-state index in [0.29, 0.717) is 36.0 Å². The molecule has 0 saturated carbocycles. The van der Waals surface area contributed by atoms with E-state index in [-0.39, 0.29) is 36.8 Å². The number of carbonyl (C=O) groups excluding carboxylic acids is 1. The summed E-state index contributed by atoms with van der Waals surface area (Å²) in [4.78, 5) is 48.9. The number of aryl methyl sites for hydroxylation is 1. The van der Waals surface area contributed by atoms with Crippen LogP contribution in [0.2, 0.25) is 0 Å². The number of nitrogens with zero attached hydrogens (tertiary/aromatic N) is 3. The van der Waals surface area contributed by atoms with Crippen molar-refractivity contribution in [3.05, 3.63) is 38.5 Å². The number of carbonyl (C=O) groups is 1. The van der Waals surface area contributed by atoms with Crippen LogP contribution in [-0.4, -0.2) is 60.6 Å². The molecule has 1 unspecified atom stereocenters. The highest BCUT2D eigenvalue weighted by atomic mass is 16.6. The number of hydrogen-bond donors (Lipinski definition) is 4.